The summed E-state index contributed by atoms with van der Waals surface area (Å²) in [7, 11) is 0. The van der Waals surface area contributed by atoms with E-state index in [1.807, 2.05) is 0 Å². The topological polar surface area (TPSA) is 135 Å². The van der Waals surface area contributed by atoms with Crippen molar-refractivity contribution in [3.05, 3.63) is 61.2 Å². The lowest BCUT2D eigenvalue weighted by Crippen LogP contribution is -2.36. The van der Waals surface area contributed by atoms with Crippen molar-refractivity contribution in [2.45, 2.75) is 6.54 Å². The standard InChI is InChI=1S/C12H9N3O6/c16-10(17)2-1-5-14-9-4-3-7(15(20)21)6-8(9)13-11(18)12(14)19/h1-4,6H,5H2,(H,13,18)(H,16,17). The minimum absolute atomic E-state index is 0.123. The van der Waals surface area contributed by atoms with Crippen LogP contribution in [0.15, 0.2) is 39.9 Å². The number of non-ortho nitro benzene ring substituents is 1. The van der Waals surface area contributed by atoms with Gasteiger partial charge in [0, 0.05) is 24.8 Å². The van der Waals surface area contributed by atoms with Crippen LogP contribution >= 0.6 is 0 Å². The molecule has 1 heterocycles. The maximum Gasteiger partial charge on any atom is 0.328 e. The van der Waals surface area contributed by atoms with Crippen molar-refractivity contribution >= 4 is 22.7 Å². The maximum absolute atomic E-state index is 11.8. The van der Waals surface area contributed by atoms with E-state index in [-0.39, 0.29) is 23.3 Å². The molecule has 9 heteroatoms. The third-order valence-corrected chi connectivity index (χ3v) is 2.72. The van der Waals surface area contributed by atoms with E-state index in [9.17, 15) is 24.5 Å². The summed E-state index contributed by atoms with van der Waals surface area (Å²) in [6, 6.07) is 3.64. The largest absolute Gasteiger partial charge is 0.478 e. The fraction of sp³-hybridized carbons (Fsp3) is 0.0833. The number of fused-ring (bicyclic) bond motifs is 1. The Kier molecular flexibility index (Phi) is 3.65. The lowest BCUT2D eigenvalue weighted by atomic mass is 10.2. The SMILES string of the molecule is O=C(O)C=CCn1c(=O)c(=O)[nH]c2cc([N+](=O)[O-])ccc21. The van der Waals surface area contributed by atoms with Crippen LogP contribution in [0.2, 0.25) is 0 Å². The normalized spacial score (nSPS) is 11.0. The predicted octanol–water partition coefficient (Wildman–Crippen LogP) is 0.239. The zero-order valence-electron chi connectivity index (χ0n) is 10.5. The maximum atomic E-state index is 11.8. The van der Waals surface area contributed by atoms with E-state index in [1.165, 1.54) is 18.2 Å². The molecule has 2 N–H and O–H groups in total. The number of nitro groups is 1. The number of carboxylic acid groups (broad SMARTS) is 1. The van der Waals surface area contributed by atoms with Crippen molar-refractivity contribution in [1.29, 1.82) is 0 Å². The number of nitro benzene ring substituents is 1. The van der Waals surface area contributed by atoms with Gasteiger partial charge in [-0.2, -0.15) is 0 Å². The van der Waals surface area contributed by atoms with Gasteiger partial charge in [0.2, 0.25) is 0 Å². The highest BCUT2D eigenvalue weighted by atomic mass is 16.6. The van der Waals surface area contributed by atoms with Crippen molar-refractivity contribution in [2.24, 2.45) is 0 Å². The lowest BCUT2D eigenvalue weighted by molar-refractivity contribution is -0.384. The average Bonchev–Trinajstić information content (AvgIpc) is 2.42. The fourth-order valence-electron chi connectivity index (χ4n) is 1.82. The van der Waals surface area contributed by atoms with Crippen LogP contribution in [-0.2, 0) is 11.3 Å². The fourth-order valence-corrected chi connectivity index (χ4v) is 1.82. The molecule has 0 bridgehead atoms. The number of benzene rings is 1. The first kappa shape index (κ1) is 14.2. The number of hydrogen-bond donors (Lipinski definition) is 2. The lowest BCUT2D eigenvalue weighted by Gasteiger charge is -2.06. The molecule has 0 saturated carbocycles. The minimum atomic E-state index is -1.19. The minimum Gasteiger partial charge on any atom is -0.478 e. The first-order chi connectivity index (χ1) is 9.90. The van der Waals surface area contributed by atoms with Gasteiger partial charge in [0.1, 0.15) is 0 Å². The van der Waals surface area contributed by atoms with Gasteiger partial charge in [0.15, 0.2) is 0 Å². The van der Waals surface area contributed by atoms with E-state index in [4.69, 9.17) is 5.11 Å². The number of allylic oxidation sites excluding steroid dienone is 1. The molecule has 108 valence electrons. The molecule has 21 heavy (non-hydrogen) atoms. The van der Waals surface area contributed by atoms with Crippen LogP contribution in [0.3, 0.4) is 0 Å². The Hall–Kier alpha value is -3.23. The van der Waals surface area contributed by atoms with Crippen LogP contribution in [0.5, 0.6) is 0 Å². The van der Waals surface area contributed by atoms with Gasteiger partial charge < -0.3 is 10.1 Å². The molecule has 0 atom stereocenters. The van der Waals surface area contributed by atoms with Gasteiger partial charge >= 0.3 is 17.1 Å². The Balaban J connectivity index is 2.65. The summed E-state index contributed by atoms with van der Waals surface area (Å²) in [5, 5.41) is 19.2. The van der Waals surface area contributed by atoms with Gasteiger partial charge in [-0.25, -0.2) is 4.79 Å². The Bertz CT molecular complexity index is 877. The van der Waals surface area contributed by atoms with E-state index in [0.717, 1.165) is 16.7 Å². The summed E-state index contributed by atoms with van der Waals surface area (Å²) in [6.45, 7) is -0.136. The Morgan fingerprint density at radius 2 is 2.14 bits per heavy atom. The number of nitrogens with zero attached hydrogens (tertiary/aromatic N) is 2. The summed E-state index contributed by atoms with van der Waals surface area (Å²) in [4.78, 5) is 46.1. The highest BCUT2D eigenvalue weighted by Gasteiger charge is 2.11. The molecular formula is C12H9N3O6. The van der Waals surface area contributed by atoms with Crippen molar-refractivity contribution in [3.63, 3.8) is 0 Å². The van der Waals surface area contributed by atoms with Gasteiger partial charge in [-0.15, -0.1) is 0 Å². The van der Waals surface area contributed by atoms with Crippen LogP contribution in [0.25, 0.3) is 11.0 Å². The van der Waals surface area contributed by atoms with Crippen molar-refractivity contribution in [1.82, 2.24) is 9.55 Å². The van der Waals surface area contributed by atoms with E-state index in [1.54, 1.807) is 0 Å². The quantitative estimate of drug-likeness (QED) is 0.358. The highest BCUT2D eigenvalue weighted by molar-refractivity contribution is 5.80. The summed E-state index contributed by atoms with van der Waals surface area (Å²) >= 11 is 0. The third kappa shape index (κ3) is 2.86. The summed E-state index contributed by atoms with van der Waals surface area (Å²) in [5.41, 5.74) is -1.65. The number of rotatable bonds is 4. The molecule has 0 saturated heterocycles. The molecule has 1 aromatic heterocycles. The number of H-pyrrole nitrogens is 1. The second kappa shape index (κ2) is 5.41. The molecule has 0 aliphatic rings. The first-order valence-corrected chi connectivity index (χ1v) is 5.71. The summed E-state index contributed by atoms with van der Waals surface area (Å²) in [5.74, 6) is -1.19. The van der Waals surface area contributed by atoms with E-state index < -0.39 is 22.0 Å². The zero-order chi connectivity index (χ0) is 15.6. The molecule has 0 amide bonds. The molecule has 0 fully saturated rings. The van der Waals surface area contributed by atoms with E-state index in [0.29, 0.717) is 0 Å². The third-order valence-electron chi connectivity index (χ3n) is 2.72. The van der Waals surface area contributed by atoms with Gasteiger partial charge in [0.25, 0.3) is 5.69 Å². The van der Waals surface area contributed by atoms with E-state index >= 15 is 0 Å². The molecular weight excluding hydrogens is 282 g/mol. The van der Waals surface area contributed by atoms with Crippen LogP contribution in [0.1, 0.15) is 0 Å². The second-order valence-electron chi connectivity index (χ2n) is 4.07. The summed E-state index contributed by atoms with van der Waals surface area (Å²) in [6.07, 6.45) is 2.04. The Labute approximate surface area is 115 Å². The van der Waals surface area contributed by atoms with Gasteiger partial charge in [-0.1, -0.05) is 6.08 Å². The molecule has 0 spiro atoms. The van der Waals surface area contributed by atoms with Crippen molar-refractivity contribution in [2.75, 3.05) is 0 Å². The molecule has 9 nitrogen and oxygen atoms in total. The molecule has 0 radical (unpaired) electrons. The highest BCUT2D eigenvalue weighted by Crippen LogP contribution is 2.17. The Morgan fingerprint density at radius 1 is 1.43 bits per heavy atom. The molecule has 2 aromatic rings. The average molecular weight is 291 g/mol. The van der Waals surface area contributed by atoms with Crippen LogP contribution < -0.4 is 11.1 Å². The van der Waals surface area contributed by atoms with Gasteiger partial charge in [0.05, 0.1) is 16.0 Å². The molecule has 0 aliphatic carbocycles. The number of aliphatic carboxylic acids is 1. The molecule has 0 aliphatic heterocycles. The molecule has 1 aromatic carbocycles. The monoisotopic (exact) mass is 291 g/mol. The number of hydrogen-bond acceptors (Lipinski definition) is 5. The van der Waals surface area contributed by atoms with Crippen LogP contribution in [0, 0.1) is 10.1 Å². The second-order valence-corrected chi connectivity index (χ2v) is 4.07. The number of aromatic nitrogens is 2. The molecule has 2 rings (SSSR count). The van der Waals surface area contributed by atoms with Crippen molar-refractivity contribution < 1.29 is 14.8 Å². The van der Waals surface area contributed by atoms with Gasteiger partial charge in [-0.05, 0) is 6.07 Å². The first-order valence-electron chi connectivity index (χ1n) is 5.71. The van der Waals surface area contributed by atoms with Crippen LogP contribution in [-0.4, -0.2) is 25.6 Å². The number of nitrogens with one attached hydrogen (secondary N) is 1. The predicted molar refractivity (Wildman–Crippen MR) is 72.3 cm³/mol. The zero-order valence-corrected chi connectivity index (χ0v) is 10.5. The van der Waals surface area contributed by atoms with Crippen LogP contribution in [0.4, 0.5) is 5.69 Å². The number of aromatic amines is 1. The smallest absolute Gasteiger partial charge is 0.328 e. The number of carboxylic acids is 1. The van der Waals surface area contributed by atoms with Crippen molar-refractivity contribution in [3.8, 4) is 0 Å². The molecule has 0 unspecified atom stereocenters. The van der Waals surface area contributed by atoms with E-state index in [2.05, 4.69) is 4.98 Å². The Morgan fingerprint density at radius 3 is 2.76 bits per heavy atom. The van der Waals surface area contributed by atoms with Gasteiger partial charge in [-0.3, -0.25) is 24.3 Å². The number of carbonyl (C=O) groups is 1. The summed E-state index contributed by atoms with van der Waals surface area (Å²) < 4.78 is 1.04.